The van der Waals surface area contributed by atoms with E-state index >= 15 is 0 Å². The van der Waals surface area contributed by atoms with Gasteiger partial charge in [-0.2, -0.15) is 10.4 Å². The van der Waals surface area contributed by atoms with Gasteiger partial charge in [0.05, 0.1) is 11.0 Å². The number of benzene rings is 2. The topological polar surface area (TPSA) is 150 Å². The number of nitriles is 1. The summed E-state index contributed by atoms with van der Waals surface area (Å²) in [6.45, 7) is 0.270. The molecule has 0 fully saturated rings. The molecule has 0 atom stereocenters. The minimum Gasteiger partial charge on any atom is -0.489 e. The summed E-state index contributed by atoms with van der Waals surface area (Å²) in [5, 5.41) is 30.8. The Bertz CT molecular complexity index is 858. The minimum absolute atomic E-state index is 0.0473. The van der Waals surface area contributed by atoms with E-state index in [1.54, 1.807) is 6.07 Å². The Morgan fingerprint density at radius 2 is 2.08 bits per heavy atom. The SMILES string of the molecule is N#C/C(=N\Nc1ccc(OCc2ccccc2)cc1[N+](=O)[O-])C(=N)N. The molecule has 0 spiro atoms. The highest BCUT2D eigenvalue weighted by Crippen LogP contribution is 2.29. The van der Waals surface area contributed by atoms with E-state index in [2.05, 4.69) is 10.5 Å². The molecule has 0 heterocycles. The lowest BCUT2D eigenvalue weighted by atomic mass is 10.2. The molecule has 0 aliphatic rings. The number of amidine groups is 1. The lowest BCUT2D eigenvalue weighted by Crippen LogP contribution is -2.21. The fraction of sp³-hybridized carbons (Fsp3) is 0.0625. The molecule has 0 bridgehead atoms. The molecule has 2 rings (SSSR count). The Labute approximate surface area is 143 Å². The van der Waals surface area contributed by atoms with E-state index in [1.165, 1.54) is 18.2 Å². The molecule has 0 unspecified atom stereocenters. The van der Waals surface area contributed by atoms with E-state index in [1.807, 2.05) is 30.3 Å². The van der Waals surface area contributed by atoms with E-state index < -0.39 is 10.8 Å². The van der Waals surface area contributed by atoms with Crippen molar-refractivity contribution in [2.24, 2.45) is 10.8 Å². The van der Waals surface area contributed by atoms with Crippen LogP contribution in [0, 0.1) is 26.9 Å². The first-order valence-electron chi connectivity index (χ1n) is 7.04. The van der Waals surface area contributed by atoms with Gasteiger partial charge in [0.25, 0.3) is 5.69 Å². The third-order valence-electron chi connectivity index (χ3n) is 3.06. The predicted octanol–water partition coefficient (Wildman–Crippen LogP) is 2.40. The van der Waals surface area contributed by atoms with Crippen LogP contribution in [0.2, 0.25) is 0 Å². The van der Waals surface area contributed by atoms with Crippen LogP contribution in [0.25, 0.3) is 0 Å². The number of nitrogens with one attached hydrogen (secondary N) is 2. The minimum atomic E-state index is -0.604. The van der Waals surface area contributed by atoms with Gasteiger partial charge < -0.3 is 10.5 Å². The Morgan fingerprint density at radius 3 is 2.68 bits per heavy atom. The van der Waals surface area contributed by atoms with Gasteiger partial charge in [-0.3, -0.25) is 20.9 Å². The fourth-order valence-corrected chi connectivity index (χ4v) is 1.85. The molecule has 0 aliphatic carbocycles. The molecule has 9 nitrogen and oxygen atoms in total. The second-order valence-electron chi connectivity index (χ2n) is 4.81. The third-order valence-corrected chi connectivity index (χ3v) is 3.06. The number of hydrazone groups is 1. The molecular formula is C16H14N6O3. The largest absolute Gasteiger partial charge is 0.489 e. The molecule has 0 aromatic heterocycles. The summed E-state index contributed by atoms with van der Waals surface area (Å²) in [5.74, 6) is -0.224. The van der Waals surface area contributed by atoms with Gasteiger partial charge in [0.15, 0.2) is 5.84 Å². The van der Waals surface area contributed by atoms with Crippen molar-refractivity contribution in [1.82, 2.24) is 0 Å². The van der Waals surface area contributed by atoms with Crippen molar-refractivity contribution in [3.8, 4) is 11.8 Å². The highest BCUT2D eigenvalue weighted by molar-refractivity contribution is 6.45. The van der Waals surface area contributed by atoms with Crippen molar-refractivity contribution in [3.63, 3.8) is 0 Å². The van der Waals surface area contributed by atoms with Gasteiger partial charge in [0, 0.05) is 0 Å². The molecule has 0 saturated heterocycles. The average Bonchev–Trinajstić information content (AvgIpc) is 2.61. The van der Waals surface area contributed by atoms with Gasteiger partial charge in [-0.1, -0.05) is 30.3 Å². The number of nitrogens with two attached hydrogens (primary N) is 1. The number of nitro groups is 1. The number of anilines is 1. The smallest absolute Gasteiger partial charge is 0.297 e. The third kappa shape index (κ3) is 4.77. The van der Waals surface area contributed by atoms with E-state index in [9.17, 15) is 10.1 Å². The highest BCUT2D eigenvalue weighted by atomic mass is 16.6. The first kappa shape index (κ1) is 17.4. The summed E-state index contributed by atoms with van der Waals surface area (Å²) in [6.07, 6.45) is 0. The van der Waals surface area contributed by atoms with E-state index in [4.69, 9.17) is 21.1 Å². The molecular weight excluding hydrogens is 324 g/mol. The second kappa shape index (κ2) is 8.07. The first-order valence-corrected chi connectivity index (χ1v) is 7.04. The molecule has 9 heteroatoms. The van der Waals surface area contributed by atoms with Crippen molar-refractivity contribution in [2.75, 3.05) is 5.43 Å². The van der Waals surface area contributed by atoms with Crippen LogP contribution in [0.3, 0.4) is 0 Å². The number of rotatable bonds is 7. The van der Waals surface area contributed by atoms with Gasteiger partial charge in [-0.05, 0) is 17.7 Å². The van der Waals surface area contributed by atoms with Crippen LogP contribution in [-0.4, -0.2) is 16.5 Å². The van der Waals surface area contributed by atoms with E-state index in [0.29, 0.717) is 5.75 Å². The molecule has 25 heavy (non-hydrogen) atoms. The average molecular weight is 338 g/mol. The predicted molar refractivity (Wildman–Crippen MR) is 92.5 cm³/mol. The molecule has 0 aliphatic heterocycles. The van der Waals surface area contributed by atoms with Gasteiger partial charge in [0.2, 0.25) is 5.71 Å². The second-order valence-corrected chi connectivity index (χ2v) is 4.81. The standard InChI is InChI=1S/C16H14N6O3/c17-9-14(16(18)19)21-20-13-7-6-12(8-15(13)22(23)24)25-10-11-4-2-1-3-5-11/h1-8,20H,10H2,(H3,18,19)/b21-14+. The lowest BCUT2D eigenvalue weighted by Gasteiger charge is -2.08. The molecule has 0 radical (unpaired) electrons. The highest BCUT2D eigenvalue weighted by Gasteiger charge is 2.15. The zero-order valence-corrected chi connectivity index (χ0v) is 13.0. The van der Waals surface area contributed by atoms with Crippen molar-refractivity contribution in [1.29, 1.82) is 10.7 Å². The number of hydrogen-bond donors (Lipinski definition) is 3. The van der Waals surface area contributed by atoms with Crippen LogP contribution in [0.4, 0.5) is 11.4 Å². The number of hydrogen-bond acceptors (Lipinski definition) is 7. The number of nitro benzene ring substituents is 1. The molecule has 2 aromatic carbocycles. The van der Waals surface area contributed by atoms with Gasteiger partial charge in [0.1, 0.15) is 24.1 Å². The molecule has 0 saturated carbocycles. The lowest BCUT2D eigenvalue weighted by molar-refractivity contribution is -0.384. The van der Waals surface area contributed by atoms with Crippen molar-refractivity contribution in [3.05, 3.63) is 64.2 Å². The normalized spacial score (nSPS) is 10.6. The maximum Gasteiger partial charge on any atom is 0.297 e. The van der Waals surface area contributed by atoms with Gasteiger partial charge in [-0.15, -0.1) is 0 Å². The summed E-state index contributed by atoms with van der Waals surface area (Å²) in [6, 6.07) is 15.2. The maximum absolute atomic E-state index is 11.2. The molecule has 4 N–H and O–H groups in total. The van der Waals surface area contributed by atoms with Gasteiger partial charge >= 0.3 is 0 Å². The Morgan fingerprint density at radius 1 is 1.36 bits per heavy atom. The van der Waals surface area contributed by atoms with Crippen molar-refractivity contribution >= 4 is 22.9 Å². The zero-order chi connectivity index (χ0) is 18.2. The molecule has 126 valence electrons. The quantitative estimate of drug-likeness (QED) is 0.305. The van der Waals surface area contributed by atoms with Crippen molar-refractivity contribution in [2.45, 2.75) is 6.61 Å². The fourth-order valence-electron chi connectivity index (χ4n) is 1.85. The summed E-state index contributed by atoms with van der Waals surface area (Å²) in [5.41, 5.74) is 7.86. The monoisotopic (exact) mass is 338 g/mol. The van der Waals surface area contributed by atoms with E-state index in [-0.39, 0.29) is 23.7 Å². The van der Waals surface area contributed by atoms with Crippen LogP contribution in [-0.2, 0) is 6.61 Å². The Balaban J connectivity index is 2.18. The summed E-state index contributed by atoms with van der Waals surface area (Å²) in [4.78, 5) is 10.6. The van der Waals surface area contributed by atoms with Crippen molar-refractivity contribution < 1.29 is 9.66 Å². The number of ether oxygens (including phenoxy) is 1. The van der Waals surface area contributed by atoms with Crippen LogP contribution >= 0.6 is 0 Å². The summed E-state index contributed by atoms with van der Waals surface area (Å²) in [7, 11) is 0. The van der Waals surface area contributed by atoms with Gasteiger partial charge in [-0.25, -0.2) is 0 Å². The Hall–Kier alpha value is -3.93. The zero-order valence-electron chi connectivity index (χ0n) is 13.0. The first-order chi connectivity index (χ1) is 12.0. The summed E-state index contributed by atoms with van der Waals surface area (Å²) >= 11 is 0. The van der Waals surface area contributed by atoms with Crippen LogP contribution < -0.4 is 15.9 Å². The molecule has 2 aromatic rings. The van der Waals surface area contributed by atoms with E-state index in [0.717, 1.165) is 5.56 Å². The Kier molecular flexibility index (Phi) is 5.63. The molecule has 0 amide bonds. The maximum atomic E-state index is 11.2. The van der Waals surface area contributed by atoms with Crippen LogP contribution in [0.5, 0.6) is 5.75 Å². The van der Waals surface area contributed by atoms with Crippen LogP contribution in [0.15, 0.2) is 53.6 Å². The van der Waals surface area contributed by atoms with Crippen LogP contribution in [0.1, 0.15) is 5.56 Å². The number of nitrogens with zero attached hydrogens (tertiary/aromatic N) is 3. The summed E-state index contributed by atoms with van der Waals surface area (Å²) < 4.78 is 5.55.